The Morgan fingerprint density at radius 2 is 1.15 bits per heavy atom. The molecule has 340 valence electrons. The fourth-order valence-corrected chi connectivity index (χ4v) is 11.9. The van der Waals surface area contributed by atoms with E-state index in [2.05, 4.69) is 239 Å². The first-order chi connectivity index (χ1) is 32.3. The van der Waals surface area contributed by atoms with Gasteiger partial charge >= 0.3 is 0 Å². The molecule has 0 saturated carbocycles. The Balaban J connectivity index is 1.29. The van der Waals surface area contributed by atoms with Crippen LogP contribution in [0.5, 0.6) is 0 Å². The molecule has 2 aliphatic heterocycles. The average molecular weight is 907 g/mol. The van der Waals surface area contributed by atoms with Gasteiger partial charge in [0.2, 0.25) is 0 Å². The number of hydrogen-bond acceptors (Lipinski definition) is 4. The Labute approximate surface area is 408 Å². The van der Waals surface area contributed by atoms with Crippen molar-refractivity contribution in [2.24, 2.45) is 0 Å². The summed E-state index contributed by atoms with van der Waals surface area (Å²) in [5.41, 5.74) is 24.1. The second kappa shape index (κ2) is 15.6. The van der Waals surface area contributed by atoms with Crippen molar-refractivity contribution in [3.8, 4) is 22.3 Å². The summed E-state index contributed by atoms with van der Waals surface area (Å²) in [5, 5.41) is 4.78. The zero-order valence-electron chi connectivity index (χ0n) is 42.1. The van der Waals surface area contributed by atoms with E-state index < -0.39 is 0 Å². The number of hydrogen-bond donors (Lipinski definition) is 0. The van der Waals surface area contributed by atoms with Crippen molar-refractivity contribution in [2.75, 3.05) is 9.80 Å². The van der Waals surface area contributed by atoms with Crippen LogP contribution in [0.15, 0.2) is 143 Å². The number of benzene rings is 7. The molecule has 68 heavy (non-hydrogen) atoms. The number of fused-ring (bicyclic) bond motifs is 7. The second-order valence-corrected chi connectivity index (χ2v) is 23.9. The molecule has 3 nitrogen and oxygen atoms in total. The average Bonchev–Trinajstić information content (AvgIpc) is 3.90. The molecule has 9 aromatic rings. The highest BCUT2D eigenvalue weighted by Gasteiger charge is 2.48. The Morgan fingerprint density at radius 1 is 0.515 bits per heavy atom. The summed E-state index contributed by atoms with van der Waals surface area (Å²) in [6.07, 6.45) is 0. The fraction of sp³-hybridized carbons (Fsp3) is 0.270. The van der Waals surface area contributed by atoms with Gasteiger partial charge in [0.1, 0.15) is 5.58 Å². The quantitative estimate of drug-likeness (QED) is 0.160. The SMILES string of the molecule is Cc1cc(C(C)(C)C)cc(C)c1N1c2cc(C(C)C)cc3c2B(c2ccc(-c4csc5ccccc45)cc2N3c2ccc(C(C)(C)C)cc2-c2ccccc2)c2oc3ccc(C(C)(C)C)cc3c21. The lowest BCUT2D eigenvalue weighted by atomic mass is 9.35. The van der Waals surface area contributed by atoms with Gasteiger partial charge in [-0.15, -0.1) is 11.3 Å². The summed E-state index contributed by atoms with van der Waals surface area (Å²) in [6.45, 7) is 30.0. The van der Waals surface area contributed by atoms with Crippen LogP contribution in [-0.2, 0) is 16.2 Å². The molecular formula is C63H63BN2OS. The summed E-state index contributed by atoms with van der Waals surface area (Å²) in [5.74, 6) is 0.265. The van der Waals surface area contributed by atoms with Crippen molar-refractivity contribution in [1.82, 2.24) is 0 Å². The number of thiophene rings is 1. The van der Waals surface area contributed by atoms with Crippen LogP contribution in [0.1, 0.15) is 115 Å². The van der Waals surface area contributed by atoms with Crippen LogP contribution in [0.4, 0.5) is 34.1 Å². The molecule has 2 aliphatic rings. The van der Waals surface area contributed by atoms with E-state index in [4.69, 9.17) is 4.42 Å². The smallest absolute Gasteiger partial charge is 0.297 e. The van der Waals surface area contributed by atoms with E-state index in [1.54, 1.807) is 0 Å². The molecule has 0 unspecified atom stereocenters. The lowest BCUT2D eigenvalue weighted by molar-refractivity contribution is 0.589. The maximum atomic E-state index is 7.44. The molecule has 2 aromatic heterocycles. The number of anilines is 6. The van der Waals surface area contributed by atoms with Gasteiger partial charge in [-0.1, -0.05) is 161 Å². The zero-order valence-corrected chi connectivity index (χ0v) is 43.0. The molecule has 4 heterocycles. The molecule has 0 atom stereocenters. The van der Waals surface area contributed by atoms with Crippen molar-refractivity contribution in [1.29, 1.82) is 0 Å². The fourth-order valence-electron chi connectivity index (χ4n) is 10.9. The maximum Gasteiger partial charge on any atom is 0.297 e. The number of nitrogens with zero attached hydrogens (tertiary/aromatic N) is 2. The van der Waals surface area contributed by atoms with Gasteiger partial charge in [-0.2, -0.15) is 0 Å². The maximum absolute atomic E-state index is 7.44. The Kier molecular flexibility index (Phi) is 10.2. The highest BCUT2D eigenvalue weighted by Crippen LogP contribution is 2.52. The predicted octanol–water partition coefficient (Wildman–Crippen LogP) is 16.7. The number of aryl methyl sites for hydroxylation is 2. The van der Waals surface area contributed by atoms with E-state index in [9.17, 15) is 0 Å². The number of rotatable bonds is 5. The minimum absolute atomic E-state index is 0.00421. The van der Waals surface area contributed by atoms with Crippen LogP contribution in [0, 0.1) is 13.8 Å². The predicted molar refractivity (Wildman–Crippen MR) is 296 cm³/mol. The van der Waals surface area contributed by atoms with E-state index in [0.29, 0.717) is 0 Å². The van der Waals surface area contributed by atoms with Crippen molar-refractivity contribution in [3.63, 3.8) is 0 Å². The van der Waals surface area contributed by atoms with Gasteiger partial charge in [0.25, 0.3) is 6.71 Å². The van der Waals surface area contributed by atoms with Crippen molar-refractivity contribution < 1.29 is 4.42 Å². The molecule has 0 spiro atoms. The monoisotopic (exact) mass is 906 g/mol. The van der Waals surface area contributed by atoms with E-state index >= 15 is 0 Å². The van der Waals surface area contributed by atoms with E-state index in [-0.39, 0.29) is 28.9 Å². The Hall–Kier alpha value is -6.30. The highest BCUT2D eigenvalue weighted by molar-refractivity contribution is 7.17. The van der Waals surface area contributed by atoms with Crippen LogP contribution < -0.4 is 26.4 Å². The zero-order chi connectivity index (χ0) is 47.8. The Morgan fingerprint density at radius 3 is 1.82 bits per heavy atom. The first kappa shape index (κ1) is 44.2. The van der Waals surface area contributed by atoms with Crippen molar-refractivity contribution in [3.05, 3.63) is 172 Å². The highest BCUT2D eigenvalue weighted by atomic mass is 32.1. The molecule has 0 aliphatic carbocycles. The molecule has 0 radical (unpaired) electrons. The van der Waals surface area contributed by atoms with Gasteiger partial charge in [-0.25, -0.2) is 0 Å². The standard InChI is InChI=1S/C63H63BN2OS/c1-37(2)42-32-53-57-54(33-42)66(58-38(3)29-45(30-39(58)4)63(11,12)13)59-48-35-44(62(8,9)10)25-28-55(48)67-60(59)64(57)50-26-23-41(49-36-68-56-22-18-17-21-46(49)56)31-52(50)65(53)51-27-24-43(61(5,6)7)34-47(51)40-19-15-14-16-20-40/h14-37H,1-13H3. The third-order valence-corrected chi connectivity index (χ3v) is 15.7. The molecule has 11 rings (SSSR count). The van der Waals surface area contributed by atoms with Gasteiger partial charge < -0.3 is 14.2 Å². The summed E-state index contributed by atoms with van der Waals surface area (Å²) in [7, 11) is 0. The number of furan rings is 1. The Bertz CT molecular complexity index is 3450. The van der Waals surface area contributed by atoms with Gasteiger partial charge in [-0.3, -0.25) is 0 Å². The third kappa shape index (κ3) is 7.06. The van der Waals surface area contributed by atoms with Gasteiger partial charge in [0, 0.05) is 43.7 Å². The molecule has 7 aromatic carbocycles. The molecular weight excluding hydrogens is 844 g/mol. The van der Waals surface area contributed by atoms with Crippen molar-refractivity contribution >= 4 is 89.8 Å². The third-order valence-electron chi connectivity index (χ3n) is 14.8. The van der Waals surface area contributed by atoms with E-state index in [1.165, 1.54) is 99.4 Å². The van der Waals surface area contributed by atoms with E-state index in [0.717, 1.165) is 28.0 Å². The summed E-state index contributed by atoms with van der Waals surface area (Å²) >= 11 is 1.82. The molecule has 5 heteroatoms. The molecule has 0 N–H and O–H groups in total. The molecule has 0 saturated heterocycles. The first-order valence-electron chi connectivity index (χ1n) is 24.5. The van der Waals surface area contributed by atoms with Crippen LogP contribution >= 0.6 is 11.3 Å². The second-order valence-electron chi connectivity index (χ2n) is 23.0. The topological polar surface area (TPSA) is 19.6 Å². The molecule has 0 amide bonds. The van der Waals surface area contributed by atoms with Crippen LogP contribution in [0.2, 0.25) is 0 Å². The summed E-state index contributed by atoms with van der Waals surface area (Å²) in [4.78, 5) is 5.23. The van der Waals surface area contributed by atoms with Gasteiger partial charge in [0.15, 0.2) is 0 Å². The van der Waals surface area contributed by atoms with E-state index in [1.807, 2.05) is 11.3 Å². The minimum Gasteiger partial charge on any atom is -0.468 e. The van der Waals surface area contributed by atoms with Crippen LogP contribution in [0.3, 0.4) is 0 Å². The summed E-state index contributed by atoms with van der Waals surface area (Å²) < 4.78 is 8.74. The summed E-state index contributed by atoms with van der Waals surface area (Å²) in [6, 6.07) is 51.1. The molecule has 0 fully saturated rings. The molecule has 0 bridgehead atoms. The largest absolute Gasteiger partial charge is 0.468 e. The van der Waals surface area contributed by atoms with Crippen molar-refractivity contribution in [2.45, 2.75) is 112 Å². The normalized spacial score (nSPS) is 13.7. The van der Waals surface area contributed by atoms with Gasteiger partial charge in [0.05, 0.1) is 22.7 Å². The van der Waals surface area contributed by atoms with Gasteiger partial charge in [-0.05, 0) is 145 Å². The first-order valence-corrected chi connectivity index (χ1v) is 25.4. The lowest BCUT2D eigenvalue weighted by Gasteiger charge is -2.44. The van der Waals surface area contributed by atoms with Crippen LogP contribution in [0.25, 0.3) is 43.3 Å². The van der Waals surface area contributed by atoms with Crippen LogP contribution in [-0.4, -0.2) is 6.71 Å². The minimum atomic E-state index is -0.166. The lowest BCUT2D eigenvalue weighted by Crippen LogP contribution is -2.61.